The zero-order chi connectivity index (χ0) is 13.5. The lowest BCUT2D eigenvalue weighted by molar-refractivity contribution is 0.0960. The van der Waals surface area contributed by atoms with E-state index in [9.17, 15) is 9.18 Å². The van der Waals surface area contributed by atoms with Crippen molar-refractivity contribution in [1.82, 2.24) is 9.88 Å². The molecule has 0 radical (unpaired) electrons. The molecule has 0 fully saturated rings. The summed E-state index contributed by atoms with van der Waals surface area (Å²) in [5, 5.41) is 9.14. The van der Waals surface area contributed by atoms with Crippen LogP contribution < -0.4 is 0 Å². The van der Waals surface area contributed by atoms with Crippen molar-refractivity contribution in [2.75, 3.05) is 20.1 Å². The molecule has 0 saturated heterocycles. The molecular weight excluding hydrogens is 235 g/mol. The Hall–Kier alpha value is -1.33. The number of hydrogen-bond acceptors (Lipinski definition) is 4. The van der Waals surface area contributed by atoms with Crippen LogP contribution in [-0.2, 0) is 0 Å². The van der Waals surface area contributed by atoms with E-state index in [1.165, 1.54) is 12.1 Å². The first-order valence-corrected chi connectivity index (χ1v) is 6.00. The van der Waals surface area contributed by atoms with E-state index in [2.05, 4.69) is 4.98 Å². The van der Waals surface area contributed by atoms with E-state index in [1.54, 1.807) is 6.92 Å². The zero-order valence-corrected chi connectivity index (χ0v) is 10.8. The molecule has 1 heterocycles. The number of aliphatic hydroxyl groups is 1. The number of ketones is 1. The summed E-state index contributed by atoms with van der Waals surface area (Å²) in [7, 11) is 1.90. The maximum Gasteiger partial charge on any atom is 0.182 e. The molecule has 0 aromatic carbocycles. The Morgan fingerprint density at radius 2 is 2.22 bits per heavy atom. The molecule has 1 aromatic rings. The number of Topliss-reactive ketones (excluding diaryl/α,β-unsaturated/α-hetero) is 1. The molecule has 1 N–H and O–H groups in total. The molecule has 4 nitrogen and oxygen atoms in total. The van der Waals surface area contributed by atoms with E-state index in [4.69, 9.17) is 5.11 Å². The molecule has 18 heavy (non-hydrogen) atoms. The first-order chi connectivity index (χ1) is 8.49. The minimum Gasteiger partial charge on any atom is -0.393 e. The molecular formula is C13H19FN2O2. The highest BCUT2D eigenvalue weighted by molar-refractivity contribution is 5.94. The summed E-state index contributed by atoms with van der Waals surface area (Å²) in [5.74, 6) is -0.542. The van der Waals surface area contributed by atoms with Crippen LogP contribution in [0.1, 0.15) is 30.3 Å². The Kier molecular flexibility index (Phi) is 5.88. The van der Waals surface area contributed by atoms with E-state index >= 15 is 0 Å². The van der Waals surface area contributed by atoms with Crippen LogP contribution in [0, 0.1) is 5.82 Å². The number of nitrogens with zero attached hydrogens (tertiary/aromatic N) is 2. The second-order valence-corrected chi connectivity index (χ2v) is 4.48. The summed E-state index contributed by atoms with van der Waals surface area (Å²) in [6, 6.07) is 2.63. The predicted molar refractivity (Wildman–Crippen MR) is 66.9 cm³/mol. The molecule has 0 aliphatic heterocycles. The van der Waals surface area contributed by atoms with Gasteiger partial charge in [0, 0.05) is 19.5 Å². The van der Waals surface area contributed by atoms with Crippen molar-refractivity contribution in [3.05, 3.63) is 29.8 Å². The number of aliphatic hydroxyl groups excluding tert-OH is 1. The van der Waals surface area contributed by atoms with Crippen LogP contribution in [0.4, 0.5) is 4.39 Å². The fourth-order valence-electron chi connectivity index (χ4n) is 1.48. The van der Waals surface area contributed by atoms with E-state index < -0.39 is 5.82 Å². The summed E-state index contributed by atoms with van der Waals surface area (Å²) in [6.45, 7) is 3.08. The van der Waals surface area contributed by atoms with Gasteiger partial charge in [-0.25, -0.2) is 4.39 Å². The number of pyridine rings is 1. The van der Waals surface area contributed by atoms with Crippen molar-refractivity contribution in [3.63, 3.8) is 0 Å². The maximum absolute atomic E-state index is 12.6. The fourth-order valence-corrected chi connectivity index (χ4v) is 1.48. The van der Waals surface area contributed by atoms with Gasteiger partial charge in [-0.2, -0.15) is 0 Å². The molecule has 1 atom stereocenters. The number of aromatic nitrogens is 1. The molecule has 0 aliphatic carbocycles. The van der Waals surface area contributed by atoms with Gasteiger partial charge in [0.15, 0.2) is 5.78 Å². The second-order valence-electron chi connectivity index (χ2n) is 4.48. The van der Waals surface area contributed by atoms with E-state index in [0.29, 0.717) is 25.1 Å². The van der Waals surface area contributed by atoms with Crippen LogP contribution in [0.2, 0.25) is 0 Å². The van der Waals surface area contributed by atoms with Gasteiger partial charge in [0.05, 0.1) is 12.3 Å². The smallest absolute Gasteiger partial charge is 0.182 e. The average Bonchev–Trinajstić information content (AvgIpc) is 2.34. The minimum absolute atomic E-state index is 0.0982. The van der Waals surface area contributed by atoms with Crippen LogP contribution in [0.3, 0.4) is 0 Å². The number of carbonyl (C=O) groups excluding carboxylic acids is 1. The Balaban J connectivity index is 2.34. The lowest BCUT2D eigenvalue weighted by Crippen LogP contribution is -2.25. The number of carbonyl (C=O) groups is 1. The summed E-state index contributed by atoms with van der Waals surface area (Å²) in [4.78, 5) is 17.5. The normalized spacial score (nSPS) is 12.7. The van der Waals surface area contributed by atoms with Gasteiger partial charge in [0.2, 0.25) is 0 Å². The molecule has 1 unspecified atom stereocenters. The van der Waals surface area contributed by atoms with Crippen molar-refractivity contribution >= 4 is 5.78 Å². The molecule has 0 spiro atoms. The monoisotopic (exact) mass is 254 g/mol. The first-order valence-electron chi connectivity index (χ1n) is 6.00. The average molecular weight is 254 g/mol. The fraction of sp³-hybridized carbons (Fsp3) is 0.538. The SMILES string of the molecule is CC(O)CCN(C)CCC(=O)c1ccc(F)cn1. The quantitative estimate of drug-likeness (QED) is 0.749. The molecule has 0 amide bonds. The molecule has 1 aromatic heterocycles. The molecule has 0 aliphatic rings. The molecule has 5 heteroatoms. The van der Waals surface area contributed by atoms with Crippen LogP contribution in [0.15, 0.2) is 18.3 Å². The van der Waals surface area contributed by atoms with Gasteiger partial charge in [-0.05, 0) is 32.5 Å². The van der Waals surface area contributed by atoms with Crippen molar-refractivity contribution in [3.8, 4) is 0 Å². The topological polar surface area (TPSA) is 53.4 Å². The highest BCUT2D eigenvalue weighted by Gasteiger charge is 2.09. The Labute approximate surface area is 106 Å². The van der Waals surface area contributed by atoms with Crippen LogP contribution in [0.5, 0.6) is 0 Å². The minimum atomic E-state index is -0.444. The summed E-state index contributed by atoms with van der Waals surface area (Å²) in [5.41, 5.74) is 0.292. The lowest BCUT2D eigenvalue weighted by Gasteiger charge is -2.16. The number of hydrogen-bond donors (Lipinski definition) is 1. The third-order valence-corrected chi connectivity index (χ3v) is 2.66. The maximum atomic E-state index is 12.6. The summed E-state index contributed by atoms with van der Waals surface area (Å²) in [6.07, 6.45) is 1.74. The van der Waals surface area contributed by atoms with Gasteiger partial charge in [0.25, 0.3) is 0 Å². The van der Waals surface area contributed by atoms with Crippen LogP contribution in [0.25, 0.3) is 0 Å². The highest BCUT2D eigenvalue weighted by Crippen LogP contribution is 2.03. The van der Waals surface area contributed by atoms with E-state index in [1.807, 2.05) is 11.9 Å². The molecule has 0 saturated carbocycles. The van der Waals surface area contributed by atoms with Gasteiger partial charge in [-0.3, -0.25) is 9.78 Å². The van der Waals surface area contributed by atoms with Gasteiger partial charge in [-0.15, -0.1) is 0 Å². The van der Waals surface area contributed by atoms with Crippen molar-refractivity contribution in [2.45, 2.75) is 25.9 Å². The van der Waals surface area contributed by atoms with Gasteiger partial charge in [0.1, 0.15) is 11.5 Å². The lowest BCUT2D eigenvalue weighted by atomic mass is 10.2. The Morgan fingerprint density at radius 3 is 2.78 bits per heavy atom. The van der Waals surface area contributed by atoms with Gasteiger partial charge >= 0.3 is 0 Å². The van der Waals surface area contributed by atoms with Crippen LogP contribution >= 0.6 is 0 Å². The van der Waals surface area contributed by atoms with Gasteiger partial charge < -0.3 is 10.0 Å². The number of rotatable bonds is 7. The number of halogens is 1. The standard InChI is InChI=1S/C13H19FN2O2/c1-10(17)5-7-16(2)8-6-13(18)12-4-3-11(14)9-15-12/h3-4,9-10,17H,5-8H2,1-2H3. The summed E-state index contributed by atoms with van der Waals surface area (Å²) >= 11 is 0. The van der Waals surface area contributed by atoms with Crippen LogP contribution in [-0.4, -0.2) is 47.0 Å². The van der Waals surface area contributed by atoms with Crippen molar-refractivity contribution in [2.24, 2.45) is 0 Å². The third kappa shape index (κ3) is 5.33. The summed E-state index contributed by atoms with van der Waals surface area (Å²) < 4.78 is 12.6. The van der Waals surface area contributed by atoms with E-state index in [0.717, 1.165) is 12.7 Å². The molecule has 0 bridgehead atoms. The van der Waals surface area contributed by atoms with E-state index in [-0.39, 0.29) is 11.9 Å². The first kappa shape index (κ1) is 14.7. The third-order valence-electron chi connectivity index (χ3n) is 2.66. The second kappa shape index (κ2) is 7.18. The highest BCUT2D eigenvalue weighted by atomic mass is 19.1. The molecule has 1 rings (SSSR count). The Bertz CT molecular complexity index is 379. The van der Waals surface area contributed by atoms with Gasteiger partial charge in [-0.1, -0.05) is 0 Å². The predicted octanol–water partition coefficient (Wildman–Crippen LogP) is 1.50. The van der Waals surface area contributed by atoms with Crippen molar-refractivity contribution in [1.29, 1.82) is 0 Å². The van der Waals surface area contributed by atoms with Crippen molar-refractivity contribution < 1.29 is 14.3 Å². The Morgan fingerprint density at radius 1 is 1.50 bits per heavy atom. The molecule has 100 valence electrons. The largest absolute Gasteiger partial charge is 0.393 e. The zero-order valence-electron chi connectivity index (χ0n) is 10.8.